The van der Waals surface area contributed by atoms with Crippen molar-refractivity contribution in [2.75, 3.05) is 0 Å². The molecule has 0 atom stereocenters. The maximum absolute atomic E-state index is 12.3. The highest BCUT2D eigenvalue weighted by Crippen LogP contribution is 2.35. The van der Waals surface area contributed by atoms with E-state index < -0.39 is 5.97 Å². The standard InChI is InChI=1S/C22H22N4O3/c1-13-6-5-7-16(10-13)21-20(14(2)26(23-21)12-19(27)28)15-8-9-17-18(11-15)25(4)22(29)24(17)3/h5-11H,12H2,1-4H3,(H,27,28). The molecule has 1 N–H and O–H groups in total. The number of aromatic nitrogens is 4. The van der Waals surface area contributed by atoms with Crippen LogP contribution < -0.4 is 5.69 Å². The van der Waals surface area contributed by atoms with Gasteiger partial charge in [0, 0.05) is 30.9 Å². The summed E-state index contributed by atoms with van der Waals surface area (Å²) < 4.78 is 4.74. The average Bonchev–Trinajstić information content (AvgIpc) is 3.11. The van der Waals surface area contributed by atoms with Crippen LogP contribution in [-0.2, 0) is 25.4 Å². The maximum atomic E-state index is 12.3. The van der Waals surface area contributed by atoms with Gasteiger partial charge in [0.05, 0.1) is 11.0 Å². The fraction of sp³-hybridized carbons (Fsp3) is 0.227. The molecule has 0 saturated carbocycles. The summed E-state index contributed by atoms with van der Waals surface area (Å²) in [4.78, 5) is 23.6. The molecule has 4 rings (SSSR count). The molecule has 0 unspecified atom stereocenters. The summed E-state index contributed by atoms with van der Waals surface area (Å²) in [5.74, 6) is -0.946. The van der Waals surface area contributed by atoms with E-state index in [1.54, 1.807) is 23.2 Å². The third-order valence-corrected chi connectivity index (χ3v) is 5.34. The van der Waals surface area contributed by atoms with Gasteiger partial charge in [-0.2, -0.15) is 5.10 Å². The molecule has 7 nitrogen and oxygen atoms in total. The number of fused-ring (bicyclic) bond motifs is 1. The van der Waals surface area contributed by atoms with Gasteiger partial charge in [-0.05, 0) is 37.6 Å². The zero-order valence-corrected chi connectivity index (χ0v) is 16.8. The number of aryl methyl sites for hydroxylation is 3. The summed E-state index contributed by atoms with van der Waals surface area (Å²) in [5, 5.41) is 13.9. The van der Waals surface area contributed by atoms with Crippen LogP contribution >= 0.6 is 0 Å². The first-order chi connectivity index (χ1) is 13.8. The Bertz CT molecular complexity index is 1320. The summed E-state index contributed by atoms with van der Waals surface area (Å²) >= 11 is 0. The summed E-state index contributed by atoms with van der Waals surface area (Å²) in [7, 11) is 3.50. The zero-order valence-electron chi connectivity index (χ0n) is 16.8. The van der Waals surface area contributed by atoms with Crippen LogP contribution in [0, 0.1) is 13.8 Å². The Labute approximate surface area is 167 Å². The second-order valence-electron chi connectivity index (χ2n) is 7.33. The van der Waals surface area contributed by atoms with Crippen LogP contribution in [0.2, 0.25) is 0 Å². The van der Waals surface area contributed by atoms with Crippen molar-refractivity contribution in [1.82, 2.24) is 18.9 Å². The van der Waals surface area contributed by atoms with E-state index in [0.29, 0.717) is 0 Å². The minimum atomic E-state index is -0.946. The minimum absolute atomic E-state index is 0.0886. The molecule has 7 heteroatoms. The van der Waals surface area contributed by atoms with Gasteiger partial charge in [-0.1, -0.05) is 29.8 Å². The zero-order chi connectivity index (χ0) is 20.9. The number of benzene rings is 2. The molecule has 0 radical (unpaired) electrons. The van der Waals surface area contributed by atoms with Gasteiger partial charge in [-0.25, -0.2) is 4.79 Å². The second kappa shape index (κ2) is 6.77. The maximum Gasteiger partial charge on any atom is 0.328 e. The Morgan fingerprint density at radius 1 is 1.00 bits per heavy atom. The van der Waals surface area contributed by atoms with Gasteiger partial charge in [-0.15, -0.1) is 0 Å². The van der Waals surface area contributed by atoms with Crippen molar-refractivity contribution in [3.63, 3.8) is 0 Å². The molecular formula is C22H22N4O3. The Morgan fingerprint density at radius 2 is 1.72 bits per heavy atom. The lowest BCUT2D eigenvalue weighted by molar-refractivity contribution is -0.137. The summed E-state index contributed by atoms with van der Waals surface area (Å²) in [5.41, 5.74) is 6.85. The quantitative estimate of drug-likeness (QED) is 0.580. The molecule has 2 heterocycles. The third kappa shape index (κ3) is 3.04. The van der Waals surface area contributed by atoms with Crippen LogP contribution in [0.25, 0.3) is 33.4 Å². The van der Waals surface area contributed by atoms with E-state index in [0.717, 1.165) is 44.7 Å². The smallest absolute Gasteiger partial charge is 0.328 e. The molecule has 148 valence electrons. The highest BCUT2D eigenvalue weighted by Gasteiger charge is 2.20. The number of rotatable bonds is 4. The first-order valence-corrected chi connectivity index (χ1v) is 9.30. The first-order valence-electron chi connectivity index (χ1n) is 9.30. The topological polar surface area (TPSA) is 82.1 Å². The van der Waals surface area contributed by atoms with Crippen LogP contribution in [-0.4, -0.2) is 30.0 Å². The molecule has 2 aromatic heterocycles. The number of carbonyl (C=O) groups is 1. The highest BCUT2D eigenvalue weighted by molar-refractivity contribution is 5.89. The molecule has 0 aliphatic rings. The summed E-state index contributed by atoms with van der Waals surface area (Å²) in [6, 6.07) is 13.8. The van der Waals surface area contributed by atoms with Gasteiger partial charge in [0.25, 0.3) is 0 Å². The van der Waals surface area contributed by atoms with Crippen molar-refractivity contribution >= 4 is 17.0 Å². The van der Waals surface area contributed by atoms with Gasteiger partial charge in [0.15, 0.2) is 0 Å². The van der Waals surface area contributed by atoms with Crippen molar-refractivity contribution in [2.45, 2.75) is 20.4 Å². The summed E-state index contributed by atoms with van der Waals surface area (Å²) in [6.07, 6.45) is 0. The van der Waals surface area contributed by atoms with Crippen molar-refractivity contribution < 1.29 is 9.90 Å². The lowest BCUT2D eigenvalue weighted by atomic mass is 9.98. The number of carboxylic acid groups (broad SMARTS) is 1. The lowest BCUT2D eigenvalue weighted by Crippen LogP contribution is -2.19. The van der Waals surface area contributed by atoms with E-state index in [4.69, 9.17) is 0 Å². The first kappa shape index (κ1) is 18.7. The fourth-order valence-electron chi connectivity index (χ4n) is 3.83. The minimum Gasteiger partial charge on any atom is -0.480 e. The molecule has 2 aromatic carbocycles. The van der Waals surface area contributed by atoms with E-state index in [1.165, 1.54) is 4.68 Å². The number of hydrogen-bond acceptors (Lipinski definition) is 3. The molecule has 0 fully saturated rings. The normalized spacial score (nSPS) is 11.3. The van der Waals surface area contributed by atoms with E-state index >= 15 is 0 Å². The Balaban J connectivity index is 2.00. The highest BCUT2D eigenvalue weighted by atomic mass is 16.4. The third-order valence-electron chi connectivity index (χ3n) is 5.34. The molecule has 0 aliphatic carbocycles. The predicted molar refractivity (Wildman–Crippen MR) is 112 cm³/mol. The van der Waals surface area contributed by atoms with Crippen molar-refractivity contribution in [1.29, 1.82) is 0 Å². The molecule has 0 aliphatic heterocycles. The van der Waals surface area contributed by atoms with Crippen molar-refractivity contribution in [3.8, 4) is 22.4 Å². The van der Waals surface area contributed by atoms with Crippen LogP contribution in [0.3, 0.4) is 0 Å². The summed E-state index contributed by atoms with van der Waals surface area (Å²) in [6.45, 7) is 3.67. The molecule has 0 saturated heterocycles. The number of imidazole rings is 1. The Kier molecular flexibility index (Phi) is 4.38. The number of carboxylic acids is 1. The van der Waals surface area contributed by atoms with E-state index in [2.05, 4.69) is 5.10 Å². The molecular weight excluding hydrogens is 368 g/mol. The van der Waals surface area contributed by atoms with Crippen LogP contribution in [0.15, 0.2) is 47.3 Å². The molecule has 0 bridgehead atoms. The Morgan fingerprint density at radius 3 is 2.41 bits per heavy atom. The number of hydrogen-bond donors (Lipinski definition) is 1. The van der Waals surface area contributed by atoms with Crippen LogP contribution in [0.4, 0.5) is 0 Å². The second-order valence-corrected chi connectivity index (χ2v) is 7.33. The van der Waals surface area contributed by atoms with E-state index in [-0.39, 0.29) is 12.2 Å². The lowest BCUT2D eigenvalue weighted by Gasteiger charge is -2.07. The van der Waals surface area contributed by atoms with Crippen LogP contribution in [0.5, 0.6) is 0 Å². The molecule has 0 amide bonds. The van der Waals surface area contributed by atoms with Crippen molar-refractivity contribution in [2.24, 2.45) is 14.1 Å². The Hall–Kier alpha value is -3.61. The van der Waals surface area contributed by atoms with Crippen LogP contribution in [0.1, 0.15) is 11.3 Å². The van der Waals surface area contributed by atoms with Gasteiger partial charge >= 0.3 is 11.7 Å². The van der Waals surface area contributed by atoms with Gasteiger partial charge in [0.2, 0.25) is 0 Å². The fourth-order valence-corrected chi connectivity index (χ4v) is 3.83. The average molecular weight is 390 g/mol. The van der Waals surface area contributed by atoms with Gasteiger partial charge < -0.3 is 5.11 Å². The predicted octanol–water partition coefficient (Wildman–Crippen LogP) is 3.11. The number of nitrogens with zero attached hydrogens (tertiary/aromatic N) is 4. The molecule has 29 heavy (non-hydrogen) atoms. The van der Waals surface area contributed by atoms with E-state index in [9.17, 15) is 14.7 Å². The largest absolute Gasteiger partial charge is 0.480 e. The van der Waals surface area contributed by atoms with E-state index in [1.807, 2.05) is 56.3 Å². The number of aliphatic carboxylic acids is 1. The van der Waals surface area contributed by atoms with Gasteiger partial charge in [-0.3, -0.25) is 18.6 Å². The monoisotopic (exact) mass is 390 g/mol. The van der Waals surface area contributed by atoms with Gasteiger partial charge in [0.1, 0.15) is 12.2 Å². The van der Waals surface area contributed by atoms with Crippen molar-refractivity contribution in [3.05, 3.63) is 64.2 Å². The molecule has 0 spiro atoms. The SMILES string of the molecule is Cc1cccc(-c2nn(CC(=O)O)c(C)c2-c2ccc3c(c2)n(C)c(=O)n3C)c1. The molecule has 4 aromatic rings.